The number of hydrogen-bond acceptors (Lipinski definition) is 3. The van der Waals surface area contributed by atoms with Crippen molar-refractivity contribution < 1.29 is 15.4 Å². The fourth-order valence-electron chi connectivity index (χ4n) is 4.49. The van der Waals surface area contributed by atoms with Crippen molar-refractivity contribution in [3.8, 4) is 0 Å². The first kappa shape index (κ1) is 12.5. The Bertz CT molecular complexity index is 2000. The highest BCUT2D eigenvalue weighted by Crippen LogP contribution is 2.40. The summed E-state index contributed by atoms with van der Waals surface area (Å²) in [5.41, 5.74) is 0.0858. The summed E-state index contributed by atoms with van der Waals surface area (Å²) in [5, 5.41) is 4.46. The van der Waals surface area contributed by atoms with Gasteiger partial charge in [-0.05, 0) is 77.0 Å². The van der Waals surface area contributed by atoms with E-state index in [1.54, 1.807) is 18.2 Å². The van der Waals surface area contributed by atoms with E-state index in [2.05, 4.69) is 9.97 Å². The van der Waals surface area contributed by atoms with Gasteiger partial charge in [-0.2, -0.15) is 0 Å². The van der Waals surface area contributed by atoms with Crippen molar-refractivity contribution in [2.45, 2.75) is 40.8 Å². The number of aromatic nitrogens is 2. The average molecular weight is 427 g/mol. The Morgan fingerprint density at radius 1 is 0.906 bits per heavy atom. The smallest absolute Gasteiger partial charge is 0.227 e. The molecule has 3 heteroatoms. The molecule has 0 fully saturated rings. The maximum absolute atomic E-state index is 8.64. The van der Waals surface area contributed by atoms with Gasteiger partial charge in [0.2, 0.25) is 5.71 Å². The summed E-state index contributed by atoms with van der Waals surface area (Å²) in [6.07, 6.45) is -0.563. The van der Waals surface area contributed by atoms with Crippen molar-refractivity contribution >= 4 is 54.5 Å². The average Bonchev–Trinajstić information content (AvgIpc) is 3.22. The molecule has 3 heterocycles. The van der Waals surface area contributed by atoms with Crippen LogP contribution in [0.15, 0.2) is 59.1 Å². The van der Waals surface area contributed by atoms with Crippen molar-refractivity contribution in [3.63, 3.8) is 0 Å². The van der Waals surface area contributed by atoms with Crippen molar-refractivity contribution in [3.05, 3.63) is 71.5 Å². The molecule has 0 amide bonds. The number of aryl methyl sites for hydroxylation is 2. The monoisotopic (exact) mass is 426 g/mol. The molecule has 0 saturated heterocycles. The number of benzene rings is 3. The molecule has 0 radical (unpaired) electrons. The fraction of sp³-hybridized carbons (Fsp3) is 0.241. The quantitative estimate of drug-likeness (QED) is 0.250. The molecule has 0 aliphatic heterocycles. The third-order valence-electron chi connectivity index (χ3n) is 5.80. The summed E-state index contributed by atoms with van der Waals surface area (Å²) in [7, 11) is 0. The van der Waals surface area contributed by atoms with Crippen LogP contribution in [0.3, 0.4) is 0 Å². The lowest BCUT2D eigenvalue weighted by molar-refractivity contribution is 0.406. The van der Waals surface area contributed by atoms with Crippen LogP contribution in [0.1, 0.15) is 48.6 Å². The number of rotatable bonds is 1. The van der Waals surface area contributed by atoms with E-state index >= 15 is 0 Å². The van der Waals surface area contributed by atoms with Crippen LogP contribution in [0.5, 0.6) is 0 Å². The van der Waals surface area contributed by atoms with Crippen LogP contribution in [-0.4, -0.2) is 9.97 Å². The first-order valence-corrected chi connectivity index (χ1v) is 10.5. The SMILES string of the molecule is [2H]C([2H])([2H])c1cnc2c3ccccc3c3cc4c(cc3c2c1C([2H])([2H])[2H])oc1nc(C([2H])([2H])C(C)(C)C)ccc14. The topological polar surface area (TPSA) is 38.9 Å². The summed E-state index contributed by atoms with van der Waals surface area (Å²) in [5.74, 6) is 0. The van der Waals surface area contributed by atoms with Crippen LogP contribution < -0.4 is 0 Å². The van der Waals surface area contributed by atoms with Crippen LogP contribution in [0.25, 0.3) is 54.5 Å². The van der Waals surface area contributed by atoms with Crippen LogP contribution >= 0.6 is 0 Å². The predicted molar refractivity (Wildman–Crippen MR) is 134 cm³/mol. The van der Waals surface area contributed by atoms with Gasteiger partial charge in [-0.3, -0.25) is 4.98 Å². The summed E-state index contributed by atoms with van der Waals surface area (Å²) in [6, 6.07) is 14.6. The van der Waals surface area contributed by atoms with Gasteiger partial charge in [-0.25, -0.2) is 4.98 Å². The Kier molecular flexibility index (Phi) is 2.56. The van der Waals surface area contributed by atoms with Crippen molar-refractivity contribution in [2.24, 2.45) is 5.41 Å². The van der Waals surface area contributed by atoms with E-state index in [0.717, 1.165) is 22.4 Å². The lowest BCUT2D eigenvalue weighted by Crippen LogP contribution is -2.10. The normalized spacial score (nSPS) is 17.6. The van der Waals surface area contributed by atoms with Gasteiger partial charge in [0.15, 0.2) is 0 Å². The third kappa shape index (κ3) is 2.81. The van der Waals surface area contributed by atoms with Gasteiger partial charge in [0.1, 0.15) is 5.58 Å². The largest absolute Gasteiger partial charge is 0.438 e. The van der Waals surface area contributed by atoms with E-state index in [9.17, 15) is 0 Å². The fourth-order valence-corrected chi connectivity index (χ4v) is 4.49. The molecule has 0 bridgehead atoms. The second kappa shape index (κ2) is 6.52. The molecule has 3 aromatic carbocycles. The van der Waals surface area contributed by atoms with E-state index in [1.807, 2.05) is 51.1 Å². The van der Waals surface area contributed by atoms with E-state index in [0.29, 0.717) is 27.3 Å². The highest BCUT2D eigenvalue weighted by atomic mass is 16.3. The number of hydrogen-bond donors (Lipinski definition) is 0. The molecule has 0 N–H and O–H groups in total. The zero-order valence-corrected chi connectivity index (χ0v) is 18.0. The molecular weight excluding hydrogens is 392 g/mol. The molecule has 0 saturated carbocycles. The maximum Gasteiger partial charge on any atom is 0.227 e. The zero-order valence-electron chi connectivity index (χ0n) is 26.0. The highest BCUT2D eigenvalue weighted by molar-refractivity contribution is 6.27. The molecular formula is C29H26N2O. The molecule has 0 spiro atoms. The zero-order chi connectivity index (χ0) is 29.0. The minimum absolute atomic E-state index is 0.248. The Hall–Kier alpha value is -3.46. The van der Waals surface area contributed by atoms with Crippen LogP contribution in [-0.2, 0) is 6.37 Å². The van der Waals surface area contributed by atoms with Gasteiger partial charge >= 0.3 is 0 Å². The van der Waals surface area contributed by atoms with Crippen LogP contribution in [0.2, 0.25) is 0 Å². The second-order valence-corrected chi connectivity index (χ2v) is 9.24. The van der Waals surface area contributed by atoms with Crippen molar-refractivity contribution in [2.75, 3.05) is 0 Å². The Balaban J connectivity index is 1.80. The molecule has 3 aromatic heterocycles. The maximum atomic E-state index is 8.64. The van der Waals surface area contributed by atoms with E-state index in [-0.39, 0.29) is 27.9 Å². The van der Waals surface area contributed by atoms with Crippen LogP contribution in [0.4, 0.5) is 0 Å². The lowest BCUT2D eigenvalue weighted by Gasteiger charge is -2.16. The number of fused-ring (bicyclic) bond motifs is 9. The predicted octanol–water partition coefficient (Wildman–Crippen LogP) is 8.04. The van der Waals surface area contributed by atoms with Crippen molar-refractivity contribution in [1.29, 1.82) is 0 Å². The summed E-state index contributed by atoms with van der Waals surface area (Å²) in [6.45, 7) is 0.0243. The van der Waals surface area contributed by atoms with Crippen molar-refractivity contribution in [1.82, 2.24) is 9.97 Å². The molecule has 6 aromatic rings. The molecule has 158 valence electrons. The second-order valence-electron chi connectivity index (χ2n) is 9.24. The first-order valence-electron chi connectivity index (χ1n) is 14.5. The Labute approximate surface area is 198 Å². The number of furan rings is 1. The molecule has 0 atom stereocenters. The molecule has 32 heavy (non-hydrogen) atoms. The van der Waals surface area contributed by atoms with Crippen LogP contribution in [0, 0.1) is 19.1 Å². The molecule has 0 aliphatic rings. The summed E-state index contributed by atoms with van der Waals surface area (Å²) < 4.78 is 72.5. The number of nitrogens with zero attached hydrogens (tertiary/aromatic N) is 2. The summed E-state index contributed by atoms with van der Waals surface area (Å²) in [4.78, 5) is 9.04. The van der Waals surface area contributed by atoms with Gasteiger partial charge in [0.25, 0.3) is 0 Å². The highest BCUT2D eigenvalue weighted by Gasteiger charge is 2.18. The van der Waals surface area contributed by atoms with E-state index in [1.165, 1.54) is 0 Å². The molecule has 0 aliphatic carbocycles. The first-order chi connectivity index (χ1) is 18.5. The van der Waals surface area contributed by atoms with Gasteiger partial charge in [0.05, 0.1) is 5.52 Å². The van der Waals surface area contributed by atoms with Gasteiger partial charge in [-0.1, -0.05) is 45.0 Å². The Morgan fingerprint density at radius 2 is 1.75 bits per heavy atom. The van der Waals surface area contributed by atoms with Gasteiger partial charge in [-0.15, -0.1) is 0 Å². The van der Waals surface area contributed by atoms with E-state index < -0.39 is 25.5 Å². The minimum atomic E-state index is -2.72. The minimum Gasteiger partial charge on any atom is -0.438 e. The molecule has 6 rings (SSSR count). The Morgan fingerprint density at radius 3 is 2.53 bits per heavy atom. The van der Waals surface area contributed by atoms with Gasteiger partial charge < -0.3 is 4.42 Å². The molecule has 0 unspecified atom stereocenters. The van der Waals surface area contributed by atoms with Gasteiger partial charge in [0, 0.05) is 44.4 Å². The summed E-state index contributed by atoms with van der Waals surface area (Å²) >= 11 is 0. The third-order valence-corrected chi connectivity index (χ3v) is 5.80. The lowest BCUT2D eigenvalue weighted by atomic mass is 9.90. The molecule has 3 nitrogen and oxygen atoms in total. The number of pyridine rings is 2. The van der Waals surface area contributed by atoms with E-state index in [4.69, 9.17) is 15.4 Å². The standard InChI is InChI=1S/C29H26N2O/c1-16-15-30-27-20-9-7-6-8-19(20)22-12-23-21-11-10-18(14-29(3,4)5)31-28(21)32-25(23)13-24(22)26(27)17(16)2/h6-13,15H,14H2,1-5H3/i1D3,2D3,14D2.